The van der Waals surface area contributed by atoms with Gasteiger partial charge in [0.05, 0.1) is 36.6 Å². The van der Waals surface area contributed by atoms with Gasteiger partial charge in [0, 0.05) is 19.6 Å². The molecule has 2 aromatic rings. The molecule has 0 radical (unpaired) electrons. The molecule has 0 spiro atoms. The van der Waals surface area contributed by atoms with Crippen molar-refractivity contribution in [1.29, 1.82) is 5.26 Å². The van der Waals surface area contributed by atoms with Gasteiger partial charge in [-0.25, -0.2) is 10.1 Å². The molecule has 0 saturated carbocycles. The Hall–Kier alpha value is -2.44. The summed E-state index contributed by atoms with van der Waals surface area (Å²) in [4.78, 5) is 14.5. The van der Waals surface area contributed by atoms with Gasteiger partial charge in [0.2, 0.25) is 0 Å². The molecule has 3 atom stereocenters. The van der Waals surface area contributed by atoms with Crippen molar-refractivity contribution in [3.05, 3.63) is 57.5 Å². The molecule has 9 heteroatoms. The van der Waals surface area contributed by atoms with Gasteiger partial charge in [-0.1, -0.05) is 41.9 Å². The Bertz CT molecular complexity index is 895. The van der Waals surface area contributed by atoms with Crippen molar-refractivity contribution >= 4 is 17.3 Å². The van der Waals surface area contributed by atoms with E-state index in [2.05, 4.69) is 22.0 Å². The highest BCUT2D eigenvalue weighted by Crippen LogP contribution is 2.21. The number of anilines is 1. The predicted molar refractivity (Wildman–Crippen MR) is 109 cm³/mol. The minimum atomic E-state index is -0.358. The number of aromatic nitrogens is 2. The molecule has 0 bridgehead atoms. The van der Waals surface area contributed by atoms with Gasteiger partial charge in [-0.05, 0) is 18.4 Å². The van der Waals surface area contributed by atoms with E-state index in [0.717, 1.165) is 18.4 Å². The number of halogens is 1. The molecule has 1 fully saturated rings. The maximum atomic E-state index is 12.6. The second kappa shape index (κ2) is 9.17. The molecule has 3 rings (SSSR count). The first-order valence-electron chi connectivity index (χ1n) is 9.18. The minimum Gasteiger partial charge on any atom is -0.372 e. The Balaban J connectivity index is 1.61. The lowest BCUT2D eigenvalue weighted by Crippen LogP contribution is -2.38. The third kappa shape index (κ3) is 4.51. The minimum absolute atomic E-state index is 0.000806. The Morgan fingerprint density at radius 1 is 1.36 bits per heavy atom. The molecular formula is C19H24ClN7O. The van der Waals surface area contributed by atoms with Crippen molar-refractivity contribution in [2.75, 3.05) is 18.5 Å². The van der Waals surface area contributed by atoms with E-state index in [1.807, 2.05) is 42.3 Å². The van der Waals surface area contributed by atoms with E-state index in [4.69, 9.17) is 17.3 Å². The number of nitrogens with two attached hydrogens (primary N) is 1. The molecular weight excluding hydrogens is 378 g/mol. The smallest absolute Gasteiger partial charge is 0.287 e. The van der Waals surface area contributed by atoms with Crippen molar-refractivity contribution in [1.82, 2.24) is 20.6 Å². The number of rotatable bonds is 7. The first-order chi connectivity index (χ1) is 13.5. The van der Waals surface area contributed by atoms with Crippen LogP contribution in [0.3, 0.4) is 0 Å². The summed E-state index contributed by atoms with van der Waals surface area (Å²) in [5.41, 5.74) is 13.1. The summed E-state index contributed by atoms with van der Waals surface area (Å²) >= 11 is 6.33. The summed E-state index contributed by atoms with van der Waals surface area (Å²) in [5, 5.41) is 13.6. The summed E-state index contributed by atoms with van der Waals surface area (Å²) in [6.07, 6.45) is 2.85. The van der Waals surface area contributed by atoms with Gasteiger partial charge in [0.25, 0.3) is 5.56 Å². The highest BCUT2D eigenvalue weighted by atomic mass is 35.5. The lowest BCUT2D eigenvalue weighted by Gasteiger charge is -2.21. The topological polar surface area (TPSA) is 112 Å². The number of hydrogen-bond acceptors (Lipinski definition) is 7. The summed E-state index contributed by atoms with van der Waals surface area (Å²) in [5.74, 6) is -0.266. The normalized spacial score (nSPS) is 21.4. The highest BCUT2D eigenvalue weighted by molar-refractivity contribution is 6.33. The second-order valence-electron chi connectivity index (χ2n) is 6.93. The largest absolute Gasteiger partial charge is 0.372 e. The van der Waals surface area contributed by atoms with Crippen LogP contribution in [0.5, 0.6) is 0 Å². The number of nitriles is 1. The van der Waals surface area contributed by atoms with Gasteiger partial charge < -0.3 is 10.6 Å². The SMILES string of the molecule is CN(CCCC1NNC(N)C1C#N)c1cnn(Cc2ccccc2)c(=O)c1Cl. The molecule has 28 heavy (non-hydrogen) atoms. The summed E-state index contributed by atoms with van der Waals surface area (Å²) in [7, 11) is 1.87. The van der Waals surface area contributed by atoms with E-state index in [0.29, 0.717) is 18.8 Å². The lowest BCUT2D eigenvalue weighted by molar-refractivity contribution is 0.463. The monoisotopic (exact) mass is 401 g/mol. The van der Waals surface area contributed by atoms with Crippen LogP contribution in [-0.2, 0) is 6.54 Å². The number of nitrogens with one attached hydrogen (secondary N) is 2. The van der Waals surface area contributed by atoms with Gasteiger partial charge in [-0.15, -0.1) is 0 Å². The zero-order valence-electron chi connectivity index (χ0n) is 15.7. The molecule has 2 heterocycles. The maximum absolute atomic E-state index is 12.6. The Morgan fingerprint density at radius 2 is 2.11 bits per heavy atom. The molecule has 1 aliphatic rings. The number of hydrogen-bond donors (Lipinski definition) is 3. The Morgan fingerprint density at radius 3 is 2.82 bits per heavy atom. The molecule has 8 nitrogen and oxygen atoms in total. The standard InChI is InChI=1S/C19H24ClN7O/c1-26(9-5-8-15-14(10-21)18(22)25-24-15)16-11-23-27(19(28)17(16)20)12-13-6-3-2-4-7-13/h2-4,6-7,11,14-15,18,24-25H,5,8-9,12,22H2,1H3. The zero-order chi connectivity index (χ0) is 20.1. The van der Waals surface area contributed by atoms with Crippen LogP contribution in [0.1, 0.15) is 18.4 Å². The van der Waals surface area contributed by atoms with Gasteiger partial charge in [-0.3, -0.25) is 10.2 Å². The number of nitrogens with zero attached hydrogens (tertiary/aromatic N) is 4. The van der Waals surface area contributed by atoms with E-state index in [1.165, 1.54) is 4.68 Å². The first kappa shape index (κ1) is 20.3. The summed E-state index contributed by atoms with van der Waals surface area (Å²) in [6, 6.07) is 11.9. The summed E-state index contributed by atoms with van der Waals surface area (Å²) in [6.45, 7) is 1.05. The maximum Gasteiger partial charge on any atom is 0.287 e. The molecule has 0 amide bonds. The fourth-order valence-electron chi connectivity index (χ4n) is 3.32. The molecule has 0 aliphatic carbocycles. The molecule has 1 aromatic carbocycles. The molecule has 1 aliphatic heterocycles. The highest BCUT2D eigenvalue weighted by Gasteiger charge is 2.33. The van der Waals surface area contributed by atoms with E-state index in [9.17, 15) is 10.1 Å². The van der Waals surface area contributed by atoms with Crippen LogP contribution in [0, 0.1) is 17.2 Å². The third-order valence-corrected chi connectivity index (χ3v) is 5.32. The van der Waals surface area contributed by atoms with Gasteiger partial charge in [0.15, 0.2) is 0 Å². The first-order valence-corrected chi connectivity index (χ1v) is 9.56. The average molecular weight is 402 g/mol. The molecule has 148 valence electrons. The van der Waals surface area contributed by atoms with Crippen LogP contribution < -0.4 is 27.0 Å². The van der Waals surface area contributed by atoms with E-state index >= 15 is 0 Å². The van der Waals surface area contributed by atoms with E-state index in [1.54, 1.807) is 6.20 Å². The van der Waals surface area contributed by atoms with Gasteiger partial charge in [0.1, 0.15) is 5.02 Å². The average Bonchev–Trinajstić information content (AvgIpc) is 3.06. The fourth-order valence-corrected chi connectivity index (χ4v) is 3.61. The van der Waals surface area contributed by atoms with Gasteiger partial charge in [-0.2, -0.15) is 10.4 Å². The fraction of sp³-hybridized carbons (Fsp3) is 0.421. The van der Waals surface area contributed by atoms with Crippen LogP contribution >= 0.6 is 11.6 Å². The van der Waals surface area contributed by atoms with Crippen molar-refractivity contribution < 1.29 is 0 Å². The predicted octanol–water partition coefficient (Wildman–Crippen LogP) is 1.06. The summed E-state index contributed by atoms with van der Waals surface area (Å²) < 4.78 is 1.36. The quantitative estimate of drug-likeness (QED) is 0.636. The molecule has 1 saturated heterocycles. The van der Waals surface area contributed by atoms with E-state index < -0.39 is 0 Å². The van der Waals surface area contributed by atoms with Crippen molar-refractivity contribution in [2.24, 2.45) is 11.7 Å². The van der Waals surface area contributed by atoms with Crippen molar-refractivity contribution in [3.63, 3.8) is 0 Å². The zero-order valence-corrected chi connectivity index (χ0v) is 16.4. The van der Waals surface area contributed by atoms with Gasteiger partial charge >= 0.3 is 0 Å². The Kier molecular flexibility index (Phi) is 6.65. The van der Waals surface area contributed by atoms with Crippen LogP contribution in [0.4, 0.5) is 5.69 Å². The molecule has 4 N–H and O–H groups in total. The van der Waals surface area contributed by atoms with Crippen LogP contribution in [0.25, 0.3) is 0 Å². The van der Waals surface area contributed by atoms with Crippen LogP contribution in [0.15, 0.2) is 41.3 Å². The molecule has 1 aromatic heterocycles. The van der Waals surface area contributed by atoms with Crippen LogP contribution in [-0.4, -0.2) is 35.6 Å². The number of hydrazine groups is 1. The van der Waals surface area contributed by atoms with Crippen LogP contribution in [0.2, 0.25) is 5.02 Å². The molecule has 3 unspecified atom stereocenters. The van der Waals surface area contributed by atoms with Crippen molar-refractivity contribution in [2.45, 2.75) is 31.6 Å². The Labute approximate surface area is 168 Å². The second-order valence-corrected chi connectivity index (χ2v) is 7.31. The number of benzene rings is 1. The third-order valence-electron chi connectivity index (χ3n) is 4.97. The van der Waals surface area contributed by atoms with E-state index in [-0.39, 0.29) is 28.7 Å². The van der Waals surface area contributed by atoms with Crippen molar-refractivity contribution in [3.8, 4) is 6.07 Å². The lowest BCUT2D eigenvalue weighted by atomic mass is 9.97.